The average molecular weight is 294 g/mol. The van der Waals surface area contributed by atoms with Crippen molar-refractivity contribution in [2.45, 2.75) is 6.42 Å². The zero-order chi connectivity index (χ0) is 13.4. The van der Waals surface area contributed by atoms with Crippen LogP contribution in [-0.4, -0.2) is 7.11 Å². The number of methoxy groups -OCH3 is 1. The van der Waals surface area contributed by atoms with Crippen molar-refractivity contribution in [2.75, 3.05) is 7.11 Å². The van der Waals surface area contributed by atoms with E-state index < -0.39 is 0 Å². The number of benzene rings is 2. The van der Waals surface area contributed by atoms with Gasteiger partial charge in [0.05, 0.1) is 7.11 Å². The summed E-state index contributed by atoms with van der Waals surface area (Å²) in [7, 11) is 1.63. The number of hydrogen-bond donors (Lipinski definition) is 0. The molecule has 1 radical (unpaired) electrons. The fourth-order valence-electron chi connectivity index (χ4n) is 2.25. The lowest BCUT2D eigenvalue weighted by Gasteiger charge is -2.13. The molecule has 1 aliphatic rings. The quantitative estimate of drug-likeness (QED) is 0.794. The number of hydrogen-bond acceptors (Lipinski definition) is 2. The lowest BCUT2D eigenvalue weighted by atomic mass is 10.0. The molecule has 0 atom stereocenters. The minimum Gasteiger partial charge on any atom is -0.496 e. The van der Waals surface area contributed by atoms with Gasteiger partial charge in [-0.1, -0.05) is 23.2 Å². The minimum atomic E-state index is 0.645. The summed E-state index contributed by atoms with van der Waals surface area (Å²) < 4.78 is 11.0. The van der Waals surface area contributed by atoms with Crippen molar-refractivity contribution in [3.05, 3.63) is 52.5 Å². The van der Waals surface area contributed by atoms with Crippen molar-refractivity contribution < 1.29 is 9.47 Å². The van der Waals surface area contributed by atoms with Crippen LogP contribution in [0.4, 0.5) is 0 Å². The van der Waals surface area contributed by atoms with Gasteiger partial charge in [0.1, 0.15) is 18.1 Å². The smallest absolute Gasteiger partial charge is 0.140 e. The Balaban J connectivity index is 2.25. The molecular formula is C15H11Cl2O2. The molecule has 0 N–H and O–H groups in total. The highest BCUT2D eigenvalue weighted by Crippen LogP contribution is 2.44. The molecule has 0 aromatic heterocycles. The molecule has 0 saturated carbocycles. The van der Waals surface area contributed by atoms with E-state index in [1.165, 1.54) is 0 Å². The fraction of sp³-hybridized carbons (Fsp3) is 0.133. The SMILES string of the molecule is COc1ccc(Cl)cc1-c1cc(Cl)cc2c1O[CH]C2. The first kappa shape index (κ1) is 12.6. The normalized spacial score (nSPS) is 13.0. The van der Waals surface area contributed by atoms with Crippen LogP contribution in [0.15, 0.2) is 30.3 Å². The monoisotopic (exact) mass is 293 g/mol. The summed E-state index contributed by atoms with van der Waals surface area (Å²) in [5, 5.41) is 1.32. The summed E-state index contributed by atoms with van der Waals surface area (Å²) in [6.45, 7) is 1.77. The molecule has 0 bridgehead atoms. The average Bonchev–Trinajstić information content (AvgIpc) is 2.85. The van der Waals surface area contributed by atoms with Crippen LogP contribution < -0.4 is 9.47 Å². The number of ether oxygens (including phenoxy) is 2. The second kappa shape index (κ2) is 4.95. The third kappa shape index (κ3) is 2.26. The lowest BCUT2D eigenvalue weighted by molar-refractivity contribution is 0.415. The Kier molecular flexibility index (Phi) is 3.29. The first-order chi connectivity index (χ1) is 9.19. The van der Waals surface area contributed by atoms with E-state index in [1.807, 2.05) is 24.3 Å². The molecule has 0 fully saturated rings. The van der Waals surface area contributed by atoms with E-state index >= 15 is 0 Å². The molecule has 2 nitrogen and oxygen atoms in total. The Bertz CT molecular complexity index is 638. The summed E-state index contributed by atoms with van der Waals surface area (Å²) >= 11 is 12.2. The van der Waals surface area contributed by atoms with Crippen LogP contribution in [0.2, 0.25) is 10.0 Å². The first-order valence-corrected chi connectivity index (χ1v) is 6.59. The highest BCUT2D eigenvalue weighted by Gasteiger charge is 2.21. The van der Waals surface area contributed by atoms with Crippen molar-refractivity contribution in [2.24, 2.45) is 0 Å². The molecule has 1 aliphatic heterocycles. The zero-order valence-corrected chi connectivity index (χ0v) is 11.8. The predicted molar refractivity (Wildman–Crippen MR) is 77.1 cm³/mol. The van der Waals surface area contributed by atoms with Crippen LogP contribution in [0.1, 0.15) is 5.56 Å². The molecule has 0 unspecified atom stereocenters. The lowest BCUT2D eigenvalue weighted by Crippen LogP contribution is -1.91. The van der Waals surface area contributed by atoms with Crippen LogP contribution in [0, 0.1) is 6.61 Å². The second-order valence-corrected chi connectivity index (χ2v) is 5.15. The number of halogens is 2. The zero-order valence-electron chi connectivity index (χ0n) is 10.2. The van der Waals surface area contributed by atoms with Crippen LogP contribution >= 0.6 is 23.2 Å². The molecule has 1 heterocycles. The molecule has 97 valence electrons. The van der Waals surface area contributed by atoms with Crippen molar-refractivity contribution in [1.82, 2.24) is 0 Å². The second-order valence-electron chi connectivity index (χ2n) is 4.27. The van der Waals surface area contributed by atoms with Crippen LogP contribution in [0.25, 0.3) is 11.1 Å². The molecule has 0 aliphatic carbocycles. The first-order valence-electron chi connectivity index (χ1n) is 5.83. The Labute approximate surface area is 121 Å². The van der Waals surface area contributed by atoms with E-state index in [4.69, 9.17) is 32.7 Å². The minimum absolute atomic E-state index is 0.645. The van der Waals surface area contributed by atoms with Crippen molar-refractivity contribution in [3.63, 3.8) is 0 Å². The topological polar surface area (TPSA) is 18.5 Å². The molecule has 19 heavy (non-hydrogen) atoms. The molecule has 0 saturated heterocycles. The van der Waals surface area contributed by atoms with Gasteiger partial charge in [-0.15, -0.1) is 0 Å². The Hall–Kier alpha value is -1.38. The van der Waals surface area contributed by atoms with E-state index in [2.05, 4.69) is 0 Å². The molecule has 4 heteroatoms. The summed E-state index contributed by atoms with van der Waals surface area (Å²) in [4.78, 5) is 0. The standard InChI is InChI=1S/C15H11Cl2O2/c1-18-14-3-2-10(16)7-12(14)13-8-11(17)6-9-4-5-19-15(9)13/h2-3,5-8H,4H2,1H3. The van der Waals surface area contributed by atoms with Gasteiger partial charge < -0.3 is 9.47 Å². The molecule has 0 amide bonds. The van der Waals surface area contributed by atoms with Gasteiger partial charge >= 0.3 is 0 Å². The van der Waals surface area contributed by atoms with Gasteiger partial charge in [-0.3, -0.25) is 0 Å². The van der Waals surface area contributed by atoms with E-state index in [-0.39, 0.29) is 0 Å². The molecule has 3 rings (SSSR count). The highest BCUT2D eigenvalue weighted by atomic mass is 35.5. The largest absolute Gasteiger partial charge is 0.496 e. The summed E-state index contributed by atoms with van der Waals surface area (Å²) in [6, 6.07) is 9.27. The molecule has 0 spiro atoms. The number of fused-ring (bicyclic) bond motifs is 1. The maximum Gasteiger partial charge on any atom is 0.140 e. The summed E-state index contributed by atoms with van der Waals surface area (Å²) in [6.07, 6.45) is 0.756. The maximum atomic E-state index is 6.17. The number of rotatable bonds is 2. The van der Waals surface area contributed by atoms with Gasteiger partial charge in [0.25, 0.3) is 0 Å². The van der Waals surface area contributed by atoms with Gasteiger partial charge in [0.2, 0.25) is 0 Å². The van der Waals surface area contributed by atoms with Crippen molar-refractivity contribution in [3.8, 4) is 22.6 Å². The summed E-state index contributed by atoms with van der Waals surface area (Å²) in [5.41, 5.74) is 2.85. The van der Waals surface area contributed by atoms with Gasteiger partial charge in [0, 0.05) is 33.2 Å². The predicted octanol–water partition coefficient (Wildman–Crippen LogP) is 4.77. The van der Waals surface area contributed by atoms with Crippen LogP contribution in [0.5, 0.6) is 11.5 Å². The van der Waals surface area contributed by atoms with Gasteiger partial charge in [-0.25, -0.2) is 0 Å². The van der Waals surface area contributed by atoms with Gasteiger partial charge in [0.15, 0.2) is 0 Å². The van der Waals surface area contributed by atoms with Crippen molar-refractivity contribution in [1.29, 1.82) is 0 Å². The highest BCUT2D eigenvalue weighted by molar-refractivity contribution is 6.31. The maximum absolute atomic E-state index is 6.17. The van der Waals surface area contributed by atoms with E-state index in [0.29, 0.717) is 10.0 Å². The van der Waals surface area contributed by atoms with Gasteiger partial charge in [-0.2, -0.15) is 0 Å². The Morgan fingerprint density at radius 1 is 1.05 bits per heavy atom. The summed E-state index contributed by atoms with van der Waals surface area (Å²) in [5.74, 6) is 1.56. The molecule has 2 aromatic rings. The van der Waals surface area contributed by atoms with Gasteiger partial charge in [-0.05, 0) is 30.3 Å². The molecule has 2 aromatic carbocycles. The Morgan fingerprint density at radius 3 is 2.63 bits per heavy atom. The third-order valence-corrected chi connectivity index (χ3v) is 3.54. The van der Waals surface area contributed by atoms with E-state index in [0.717, 1.165) is 34.6 Å². The van der Waals surface area contributed by atoms with Crippen LogP contribution in [0.3, 0.4) is 0 Å². The van der Waals surface area contributed by atoms with Crippen LogP contribution in [-0.2, 0) is 6.42 Å². The third-order valence-electron chi connectivity index (χ3n) is 3.09. The molecular weight excluding hydrogens is 283 g/mol. The van der Waals surface area contributed by atoms with E-state index in [9.17, 15) is 0 Å². The fourth-order valence-corrected chi connectivity index (χ4v) is 2.66. The van der Waals surface area contributed by atoms with Crippen molar-refractivity contribution >= 4 is 23.2 Å². The van der Waals surface area contributed by atoms with E-state index in [1.54, 1.807) is 19.8 Å². The Morgan fingerprint density at radius 2 is 1.84 bits per heavy atom.